The minimum atomic E-state index is -0.104. The summed E-state index contributed by atoms with van der Waals surface area (Å²) in [5.41, 5.74) is 0.485. The molecule has 0 atom stereocenters. The van der Waals surface area contributed by atoms with Gasteiger partial charge in [-0.15, -0.1) is 0 Å². The highest BCUT2D eigenvalue weighted by atomic mass is 35.5. The second-order valence-electron chi connectivity index (χ2n) is 2.98. The number of nitrogens with two attached hydrogens (primary N) is 1. The van der Waals surface area contributed by atoms with Gasteiger partial charge in [0.25, 0.3) is 0 Å². The SMILES string of the molecule is Nn1c(-c2ccc(O)c(Cl)c2Cl)n[nH]c1=S. The predicted octanol–water partition coefficient (Wildman–Crippen LogP) is 2.33. The molecular weight excluding hydrogens is 271 g/mol. The van der Waals surface area contributed by atoms with Crippen molar-refractivity contribution in [3.05, 3.63) is 26.9 Å². The van der Waals surface area contributed by atoms with Crippen molar-refractivity contribution in [2.75, 3.05) is 5.84 Å². The maximum atomic E-state index is 9.34. The number of rotatable bonds is 1. The molecule has 5 nitrogen and oxygen atoms in total. The zero-order chi connectivity index (χ0) is 11.9. The predicted molar refractivity (Wildman–Crippen MR) is 64.7 cm³/mol. The van der Waals surface area contributed by atoms with Gasteiger partial charge in [-0.2, -0.15) is 5.10 Å². The maximum absolute atomic E-state index is 9.34. The Bertz CT molecular complexity index is 607. The van der Waals surface area contributed by atoms with Crippen molar-refractivity contribution in [2.45, 2.75) is 0 Å². The van der Waals surface area contributed by atoms with Gasteiger partial charge in [-0.25, -0.2) is 9.77 Å². The molecule has 0 aliphatic rings. The second-order valence-corrected chi connectivity index (χ2v) is 4.13. The van der Waals surface area contributed by atoms with Crippen molar-refractivity contribution < 1.29 is 5.11 Å². The summed E-state index contributed by atoms with van der Waals surface area (Å²) >= 11 is 16.6. The minimum absolute atomic E-state index is 0.0492. The number of H-pyrrole nitrogens is 1. The van der Waals surface area contributed by atoms with Crippen LogP contribution in [0.4, 0.5) is 0 Å². The highest BCUT2D eigenvalue weighted by Gasteiger charge is 2.15. The summed E-state index contributed by atoms with van der Waals surface area (Å²) in [6, 6.07) is 2.96. The van der Waals surface area contributed by atoms with E-state index >= 15 is 0 Å². The number of phenolic OH excluding ortho intramolecular Hbond substituents is 1. The Balaban J connectivity index is 2.70. The van der Waals surface area contributed by atoms with Gasteiger partial charge < -0.3 is 10.9 Å². The van der Waals surface area contributed by atoms with Gasteiger partial charge in [0.15, 0.2) is 5.82 Å². The van der Waals surface area contributed by atoms with E-state index in [1.807, 2.05) is 0 Å². The van der Waals surface area contributed by atoms with E-state index in [4.69, 9.17) is 41.3 Å². The van der Waals surface area contributed by atoms with Crippen molar-refractivity contribution >= 4 is 35.4 Å². The monoisotopic (exact) mass is 276 g/mol. The van der Waals surface area contributed by atoms with E-state index < -0.39 is 0 Å². The Kier molecular flexibility index (Phi) is 2.79. The van der Waals surface area contributed by atoms with Gasteiger partial charge in [0.2, 0.25) is 4.77 Å². The number of phenols is 1. The third kappa shape index (κ3) is 1.64. The molecule has 1 heterocycles. The van der Waals surface area contributed by atoms with E-state index in [2.05, 4.69) is 10.2 Å². The van der Waals surface area contributed by atoms with E-state index in [1.54, 1.807) is 6.07 Å². The lowest BCUT2D eigenvalue weighted by Crippen LogP contribution is -2.10. The lowest BCUT2D eigenvalue weighted by atomic mass is 10.2. The highest BCUT2D eigenvalue weighted by Crippen LogP contribution is 2.37. The van der Waals surface area contributed by atoms with Crippen LogP contribution in [-0.4, -0.2) is 20.0 Å². The van der Waals surface area contributed by atoms with E-state index in [9.17, 15) is 5.11 Å². The molecule has 0 spiro atoms. The van der Waals surface area contributed by atoms with Crippen molar-refractivity contribution in [1.29, 1.82) is 0 Å². The van der Waals surface area contributed by atoms with Crippen LogP contribution in [0.15, 0.2) is 12.1 Å². The fourth-order valence-corrected chi connectivity index (χ4v) is 1.75. The lowest BCUT2D eigenvalue weighted by molar-refractivity contribution is 0.475. The van der Waals surface area contributed by atoms with Crippen LogP contribution in [0.3, 0.4) is 0 Å². The first kappa shape index (κ1) is 11.3. The molecule has 0 fully saturated rings. The number of hydrogen-bond donors (Lipinski definition) is 3. The van der Waals surface area contributed by atoms with Crippen LogP contribution in [0.1, 0.15) is 0 Å². The zero-order valence-corrected chi connectivity index (χ0v) is 10.1. The molecule has 8 heteroatoms. The van der Waals surface area contributed by atoms with Gasteiger partial charge >= 0.3 is 0 Å². The average molecular weight is 277 g/mol. The van der Waals surface area contributed by atoms with Crippen molar-refractivity contribution in [3.63, 3.8) is 0 Å². The molecule has 16 heavy (non-hydrogen) atoms. The Hall–Kier alpha value is -1.24. The summed E-state index contributed by atoms with van der Waals surface area (Å²) < 4.78 is 1.43. The van der Waals surface area contributed by atoms with Gasteiger partial charge in [0, 0.05) is 5.56 Å². The van der Waals surface area contributed by atoms with Crippen LogP contribution in [-0.2, 0) is 0 Å². The molecule has 4 N–H and O–H groups in total. The van der Waals surface area contributed by atoms with E-state index in [0.717, 1.165) is 0 Å². The van der Waals surface area contributed by atoms with Gasteiger partial charge in [0.05, 0.1) is 5.02 Å². The fourth-order valence-electron chi connectivity index (χ4n) is 1.21. The highest BCUT2D eigenvalue weighted by molar-refractivity contribution is 7.71. The first-order valence-corrected chi connectivity index (χ1v) is 5.28. The van der Waals surface area contributed by atoms with Crippen LogP contribution in [0, 0.1) is 4.77 Å². The third-order valence-corrected chi connectivity index (χ3v) is 3.17. The normalized spacial score (nSPS) is 10.6. The molecule has 1 aromatic carbocycles. The summed E-state index contributed by atoms with van der Waals surface area (Å²) in [6.45, 7) is 0. The number of aromatic nitrogens is 3. The molecule has 0 radical (unpaired) electrons. The van der Waals surface area contributed by atoms with Crippen molar-refractivity contribution in [2.24, 2.45) is 0 Å². The molecule has 0 unspecified atom stereocenters. The molecule has 1 aromatic heterocycles. The Morgan fingerprint density at radius 2 is 2.06 bits per heavy atom. The maximum Gasteiger partial charge on any atom is 0.214 e. The number of halogens is 2. The lowest BCUT2D eigenvalue weighted by Gasteiger charge is -2.05. The van der Waals surface area contributed by atoms with Gasteiger partial charge in [0.1, 0.15) is 10.8 Å². The van der Waals surface area contributed by atoms with E-state index in [0.29, 0.717) is 11.4 Å². The molecule has 84 valence electrons. The summed E-state index contributed by atoms with van der Waals surface area (Å²) in [5.74, 6) is 5.89. The second kappa shape index (κ2) is 3.97. The number of aromatic amines is 1. The standard InChI is InChI=1S/C8H6Cl2N4OS/c9-5-3(1-2-4(15)6(5)10)7-12-13-8(16)14(7)11/h1-2,15H,11H2,(H,13,16). The van der Waals surface area contributed by atoms with Crippen LogP contribution in [0.25, 0.3) is 11.4 Å². The van der Waals surface area contributed by atoms with Gasteiger partial charge in [-0.1, -0.05) is 23.2 Å². The van der Waals surface area contributed by atoms with Gasteiger partial charge in [-0.3, -0.25) is 0 Å². The number of hydrogen-bond acceptors (Lipinski definition) is 4. The Labute approximate surface area is 105 Å². The number of aromatic hydroxyl groups is 1. The van der Waals surface area contributed by atoms with Crippen molar-refractivity contribution in [1.82, 2.24) is 14.9 Å². The largest absolute Gasteiger partial charge is 0.506 e. The van der Waals surface area contributed by atoms with Crippen LogP contribution in [0.5, 0.6) is 5.75 Å². The fraction of sp³-hybridized carbons (Fsp3) is 0. The average Bonchev–Trinajstić information content (AvgIpc) is 2.58. The van der Waals surface area contributed by atoms with E-state index in [-0.39, 0.29) is 20.6 Å². The number of nitrogens with one attached hydrogen (secondary N) is 1. The van der Waals surface area contributed by atoms with Crippen molar-refractivity contribution in [3.8, 4) is 17.1 Å². The molecule has 0 bridgehead atoms. The molecule has 0 aliphatic heterocycles. The molecule has 0 saturated heterocycles. The summed E-state index contributed by atoms with van der Waals surface area (Å²) in [4.78, 5) is 0. The van der Waals surface area contributed by atoms with Crippen LogP contribution < -0.4 is 5.84 Å². The topological polar surface area (TPSA) is 79.9 Å². The zero-order valence-electron chi connectivity index (χ0n) is 7.74. The third-order valence-electron chi connectivity index (χ3n) is 2.01. The minimum Gasteiger partial charge on any atom is -0.506 e. The smallest absolute Gasteiger partial charge is 0.214 e. The van der Waals surface area contributed by atoms with Crippen LogP contribution in [0.2, 0.25) is 10.0 Å². The molecule has 0 aliphatic carbocycles. The van der Waals surface area contributed by atoms with E-state index in [1.165, 1.54) is 10.7 Å². The summed E-state index contributed by atoms with van der Waals surface area (Å²) in [7, 11) is 0. The number of nitrogens with zero attached hydrogens (tertiary/aromatic N) is 2. The van der Waals surface area contributed by atoms with Crippen LogP contribution >= 0.6 is 35.4 Å². The summed E-state index contributed by atoms with van der Waals surface area (Å²) in [5, 5.41) is 16.0. The quantitative estimate of drug-likeness (QED) is 0.552. The Morgan fingerprint density at radius 1 is 1.38 bits per heavy atom. The molecular formula is C8H6Cl2N4OS. The molecule has 2 aromatic rings. The molecule has 0 amide bonds. The molecule has 0 saturated carbocycles. The van der Waals surface area contributed by atoms with Gasteiger partial charge in [-0.05, 0) is 24.4 Å². The molecule has 2 rings (SSSR count). The Morgan fingerprint density at radius 3 is 2.62 bits per heavy atom. The first-order valence-electron chi connectivity index (χ1n) is 4.12. The number of benzene rings is 1. The first-order chi connectivity index (χ1) is 7.52. The number of nitrogen functional groups attached to an aromatic ring is 1. The summed E-state index contributed by atoms with van der Waals surface area (Å²) in [6.07, 6.45) is 0.